The van der Waals surface area contributed by atoms with E-state index in [2.05, 4.69) is 83.2 Å². The van der Waals surface area contributed by atoms with E-state index in [-0.39, 0.29) is 11.8 Å². The number of unbranched alkanes of at least 4 members (excludes halogenated alkanes) is 5. The summed E-state index contributed by atoms with van der Waals surface area (Å²) in [4.78, 5) is 24.1. The molecule has 0 heterocycles. The van der Waals surface area contributed by atoms with Crippen molar-refractivity contribution in [3.8, 4) is 0 Å². The molecule has 0 N–H and O–H groups in total. The highest BCUT2D eigenvalue weighted by Gasteiger charge is 2.26. The van der Waals surface area contributed by atoms with Crippen LogP contribution in [0.4, 0.5) is 0 Å². The zero-order chi connectivity index (χ0) is 30.3. The summed E-state index contributed by atoms with van der Waals surface area (Å²) >= 11 is 0. The zero-order valence-corrected chi connectivity index (χ0v) is 26.8. The second kappa shape index (κ2) is 21.8. The van der Waals surface area contributed by atoms with Crippen LogP contribution in [-0.2, 0) is 14.3 Å². The van der Waals surface area contributed by atoms with Crippen molar-refractivity contribution in [2.45, 2.75) is 125 Å². The Balaban J connectivity index is 2.23. The van der Waals surface area contributed by atoms with E-state index in [9.17, 15) is 9.59 Å². The SMILES string of the molecule is CC/C=C\C/C=C\C/C=C\CCCCCCCC(=O)OC(=O)/C=C(C)/C=C/C=C(C)/C=C/C1=C(C)CCCC1(C)C. The van der Waals surface area contributed by atoms with Gasteiger partial charge >= 0.3 is 11.9 Å². The fraction of sp³-hybridized carbons (Fsp3) is 0.526. The molecule has 226 valence electrons. The number of esters is 2. The molecule has 0 unspecified atom stereocenters. The average molecular weight is 561 g/mol. The second-order valence-corrected chi connectivity index (χ2v) is 11.8. The van der Waals surface area contributed by atoms with Crippen molar-refractivity contribution < 1.29 is 14.3 Å². The normalized spacial score (nSPS) is 16.8. The number of rotatable bonds is 18. The molecule has 41 heavy (non-hydrogen) atoms. The number of carbonyl (C=O) groups excluding carboxylic acids is 2. The van der Waals surface area contributed by atoms with Crippen molar-refractivity contribution in [3.63, 3.8) is 0 Å². The summed E-state index contributed by atoms with van der Waals surface area (Å²) in [5.74, 6) is -1.04. The molecule has 0 radical (unpaired) electrons. The Kier molecular flexibility index (Phi) is 19.2. The highest BCUT2D eigenvalue weighted by molar-refractivity contribution is 5.92. The Bertz CT molecular complexity index is 1040. The average Bonchev–Trinajstić information content (AvgIpc) is 2.90. The van der Waals surface area contributed by atoms with E-state index in [1.165, 1.54) is 42.9 Å². The summed E-state index contributed by atoms with van der Waals surface area (Å²) in [5.41, 5.74) is 5.05. The van der Waals surface area contributed by atoms with Gasteiger partial charge in [-0.25, -0.2) is 4.79 Å². The Morgan fingerprint density at radius 1 is 0.854 bits per heavy atom. The lowest BCUT2D eigenvalue weighted by Gasteiger charge is -2.32. The number of hydrogen-bond acceptors (Lipinski definition) is 3. The Morgan fingerprint density at radius 2 is 1.51 bits per heavy atom. The molecule has 0 aromatic rings. The summed E-state index contributed by atoms with van der Waals surface area (Å²) in [7, 11) is 0. The number of allylic oxidation sites excluding steroid dienone is 15. The maximum absolute atomic E-state index is 12.1. The van der Waals surface area contributed by atoms with Crippen LogP contribution in [0.1, 0.15) is 125 Å². The third-order valence-corrected chi connectivity index (χ3v) is 7.37. The molecular weight excluding hydrogens is 504 g/mol. The van der Waals surface area contributed by atoms with Gasteiger partial charge in [0, 0.05) is 12.5 Å². The van der Waals surface area contributed by atoms with Crippen LogP contribution in [0.25, 0.3) is 0 Å². The van der Waals surface area contributed by atoms with Crippen molar-refractivity contribution in [1.29, 1.82) is 0 Å². The van der Waals surface area contributed by atoms with Gasteiger partial charge in [0.15, 0.2) is 0 Å². The van der Waals surface area contributed by atoms with Gasteiger partial charge in [-0.2, -0.15) is 0 Å². The van der Waals surface area contributed by atoms with E-state index in [1.54, 1.807) is 0 Å². The van der Waals surface area contributed by atoms with Gasteiger partial charge in [-0.1, -0.05) is 118 Å². The van der Waals surface area contributed by atoms with Gasteiger partial charge in [-0.05, 0) is 95.1 Å². The standard InChI is InChI=1S/C38H56O3/c1-7-8-9-10-11-12-13-14-15-16-17-18-19-20-21-27-36(39)41-37(40)31-33(3)25-22-24-32(2)28-29-35-34(4)26-23-30-38(35,5)6/h8-9,11-12,14-15,22,24-25,28-29,31H,7,10,13,16-21,23,26-27,30H2,1-6H3/b9-8-,12-11-,15-14-,25-22+,29-28+,32-24+,33-31+. The molecule has 0 bridgehead atoms. The molecule has 0 fully saturated rings. The topological polar surface area (TPSA) is 43.4 Å². The van der Waals surface area contributed by atoms with Gasteiger partial charge in [-0.3, -0.25) is 4.79 Å². The van der Waals surface area contributed by atoms with Gasteiger partial charge in [0.25, 0.3) is 0 Å². The van der Waals surface area contributed by atoms with Gasteiger partial charge in [0.2, 0.25) is 0 Å². The second-order valence-electron chi connectivity index (χ2n) is 11.8. The molecule has 0 saturated carbocycles. The summed E-state index contributed by atoms with van der Waals surface area (Å²) in [5, 5.41) is 0. The molecule has 1 aliphatic rings. The maximum Gasteiger partial charge on any atom is 0.338 e. The molecule has 0 aliphatic heterocycles. The van der Waals surface area contributed by atoms with Crippen molar-refractivity contribution >= 4 is 11.9 Å². The number of ether oxygens (including phenoxy) is 1. The van der Waals surface area contributed by atoms with Crippen LogP contribution in [0.15, 0.2) is 95.2 Å². The predicted octanol–water partition coefficient (Wildman–Crippen LogP) is 11.2. The first-order valence-corrected chi connectivity index (χ1v) is 15.8. The first kappa shape index (κ1) is 36.1. The minimum absolute atomic E-state index is 0.229. The van der Waals surface area contributed by atoms with E-state index in [1.807, 2.05) is 25.2 Å². The van der Waals surface area contributed by atoms with Gasteiger partial charge in [0.1, 0.15) is 0 Å². The van der Waals surface area contributed by atoms with Crippen LogP contribution in [0, 0.1) is 5.41 Å². The minimum Gasteiger partial charge on any atom is -0.390 e. The highest BCUT2D eigenvalue weighted by Crippen LogP contribution is 2.40. The van der Waals surface area contributed by atoms with E-state index in [0.29, 0.717) is 0 Å². The van der Waals surface area contributed by atoms with Crippen molar-refractivity contribution in [1.82, 2.24) is 0 Å². The molecule has 1 rings (SSSR count). The van der Waals surface area contributed by atoms with Gasteiger partial charge in [0.05, 0.1) is 0 Å². The fourth-order valence-electron chi connectivity index (χ4n) is 4.95. The van der Waals surface area contributed by atoms with Crippen molar-refractivity contribution in [2.75, 3.05) is 0 Å². The smallest absolute Gasteiger partial charge is 0.338 e. The Hall–Kier alpha value is -2.94. The molecular formula is C38H56O3. The van der Waals surface area contributed by atoms with Crippen LogP contribution in [0.3, 0.4) is 0 Å². The first-order chi connectivity index (χ1) is 19.7. The predicted molar refractivity (Wildman–Crippen MR) is 176 cm³/mol. The summed E-state index contributed by atoms with van der Waals surface area (Å²) in [6.07, 6.45) is 38.2. The zero-order valence-electron chi connectivity index (χ0n) is 26.8. The Labute approximate surface area is 251 Å². The van der Waals surface area contributed by atoms with Gasteiger partial charge in [-0.15, -0.1) is 0 Å². The Morgan fingerprint density at radius 3 is 2.22 bits per heavy atom. The van der Waals surface area contributed by atoms with Crippen molar-refractivity contribution in [3.05, 3.63) is 95.2 Å². The molecule has 0 aromatic carbocycles. The summed E-state index contributed by atoms with van der Waals surface area (Å²) in [6, 6.07) is 0. The first-order valence-electron chi connectivity index (χ1n) is 15.8. The van der Waals surface area contributed by atoms with Crippen LogP contribution in [0.2, 0.25) is 0 Å². The third kappa shape index (κ3) is 18.2. The molecule has 0 atom stereocenters. The largest absolute Gasteiger partial charge is 0.390 e. The van der Waals surface area contributed by atoms with Gasteiger partial charge < -0.3 is 4.74 Å². The van der Waals surface area contributed by atoms with Crippen LogP contribution < -0.4 is 0 Å². The number of carbonyl (C=O) groups is 2. The number of hydrogen-bond donors (Lipinski definition) is 0. The monoisotopic (exact) mass is 560 g/mol. The molecule has 0 saturated heterocycles. The van der Waals surface area contributed by atoms with Crippen LogP contribution in [0.5, 0.6) is 0 Å². The molecule has 3 heteroatoms. The minimum atomic E-state index is -0.598. The molecule has 0 amide bonds. The van der Waals surface area contributed by atoms with E-state index < -0.39 is 11.9 Å². The molecule has 3 nitrogen and oxygen atoms in total. The molecule has 0 aromatic heterocycles. The van der Waals surface area contributed by atoms with Crippen molar-refractivity contribution in [2.24, 2.45) is 5.41 Å². The lowest BCUT2D eigenvalue weighted by Crippen LogP contribution is -2.19. The lowest BCUT2D eigenvalue weighted by molar-refractivity contribution is -0.156. The summed E-state index contributed by atoms with van der Waals surface area (Å²) in [6.45, 7) is 12.9. The lowest BCUT2D eigenvalue weighted by atomic mass is 9.72. The van der Waals surface area contributed by atoms with E-state index >= 15 is 0 Å². The van der Waals surface area contributed by atoms with Crippen LogP contribution >= 0.6 is 0 Å². The fourth-order valence-corrected chi connectivity index (χ4v) is 4.95. The van der Waals surface area contributed by atoms with E-state index in [0.717, 1.165) is 62.5 Å². The highest BCUT2D eigenvalue weighted by atomic mass is 16.6. The molecule has 0 spiro atoms. The summed E-state index contributed by atoms with van der Waals surface area (Å²) < 4.78 is 4.96. The third-order valence-electron chi connectivity index (χ3n) is 7.37. The van der Waals surface area contributed by atoms with Crippen LogP contribution in [-0.4, -0.2) is 11.9 Å². The quantitative estimate of drug-likeness (QED) is 0.0418. The van der Waals surface area contributed by atoms with E-state index in [4.69, 9.17) is 4.74 Å². The molecule has 1 aliphatic carbocycles. The maximum atomic E-state index is 12.1.